The van der Waals surface area contributed by atoms with Gasteiger partial charge in [-0.1, -0.05) is 0 Å². The van der Waals surface area contributed by atoms with Crippen LogP contribution in [0.25, 0.3) is 0 Å². The van der Waals surface area contributed by atoms with Crippen LogP contribution in [-0.4, -0.2) is 22.2 Å². The van der Waals surface area contributed by atoms with Crippen LogP contribution in [0.3, 0.4) is 0 Å². The Morgan fingerprint density at radius 1 is 1.40 bits per heavy atom. The van der Waals surface area contributed by atoms with E-state index in [9.17, 15) is 9.90 Å². The zero-order valence-electron chi connectivity index (χ0n) is 10.7. The first-order valence-corrected chi connectivity index (χ1v) is 6.89. The van der Waals surface area contributed by atoms with Crippen LogP contribution in [0.5, 0.6) is 5.75 Å². The summed E-state index contributed by atoms with van der Waals surface area (Å²) in [6, 6.07) is 8.51. The van der Waals surface area contributed by atoms with Crippen molar-refractivity contribution in [2.45, 2.75) is 6.92 Å². The molecule has 0 radical (unpaired) electrons. The SMILES string of the molecule is Cc1ccc(C(=O)N/N=C/c2ccc(O)c(I)c2)cn1. The fourth-order valence-corrected chi connectivity index (χ4v) is 1.97. The van der Waals surface area contributed by atoms with Gasteiger partial charge in [0.2, 0.25) is 0 Å². The molecule has 5 nitrogen and oxygen atoms in total. The van der Waals surface area contributed by atoms with Gasteiger partial charge >= 0.3 is 0 Å². The van der Waals surface area contributed by atoms with Gasteiger partial charge in [-0.25, -0.2) is 5.43 Å². The van der Waals surface area contributed by atoms with Crippen molar-refractivity contribution < 1.29 is 9.90 Å². The van der Waals surface area contributed by atoms with E-state index in [1.807, 2.05) is 29.5 Å². The van der Waals surface area contributed by atoms with Crippen molar-refractivity contribution in [2.75, 3.05) is 0 Å². The summed E-state index contributed by atoms with van der Waals surface area (Å²) in [4.78, 5) is 15.8. The van der Waals surface area contributed by atoms with Gasteiger partial charge < -0.3 is 5.11 Å². The maximum Gasteiger partial charge on any atom is 0.272 e. The zero-order chi connectivity index (χ0) is 14.5. The number of phenolic OH excluding ortho intramolecular Hbond substituents is 1. The number of nitrogens with one attached hydrogen (secondary N) is 1. The summed E-state index contributed by atoms with van der Waals surface area (Å²) in [6.45, 7) is 1.85. The van der Waals surface area contributed by atoms with Gasteiger partial charge in [0.05, 0.1) is 15.3 Å². The van der Waals surface area contributed by atoms with E-state index >= 15 is 0 Å². The van der Waals surface area contributed by atoms with Gasteiger partial charge in [0, 0.05) is 11.9 Å². The van der Waals surface area contributed by atoms with E-state index in [4.69, 9.17) is 0 Å². The Labute approximate surface area is 129 Å². The van der Waals surface area contributed by atoms with Crippen LogP contribution in [-0.2, 0) is 0 Å². The lowest BCUT2D eigenvalue weighted by atomic mass is 10.2. The fourth-order valence-electron chi connectivity index (χ4n) is 1.44. The van der Waals surface area contributed by atoms with E-state index in [1.165, 1.54) is 12.4 Å². The smallest absolute Gasteiger partial charge is 0.272 e. The van der Waals surface area contributed by atoms with Gasteiger partial charge in [0.1, 0.15) is 5.75 Å². The lowest BCUT2D eigenvalue weighted by Crippen LogP contribution is -2.17. The molecule has 1 amide bonds. The number of pyridine rings is 1. The van der Waals surface area contributed by atoms with Crippen molar-refractivity contribution in [3.63, 3.8) is 0 Å². The molecule has 0 aliphatic heterocycles. The average molecular weight is 381 g/mol. The van der Waals surface area contributed by atoms with Crippen LogP contribution in [0, 0.1) is 10.5 Å². The van der Waals surface area contributed by atoms with E-state index in [1.54, 1.807) is 30.3 Å². The third-order valence-electron chi connectivity index (χ3n) is 2.53. The molecule has 2 aromatic rings. The zero-order valence-corrected chi connectivity index (χ0v) is 12.8. The summed E-state index contributed by atoms with van der Waals surface area (Å²) in [5, 5.41) is 13.3. The average Bonchev–Trinajstić information content (AvgIpc) is 2.43. The second kappa shape index (κ2) is 6.47. The number of aryl methyl sites for hydroxylation is 1. The molecule has 20 heavy (non-hydrogen) atoms. The number of aromatic hydroxyl groups is 1. The van der Waals surface area contributed by atoms with Crippen molar-refractivity contribution >= 4 is 34.7 Å². The first-order valence-electron chi connectivity index (χ1n) is 5.81. The topological polar surface area (TPSA) is 74.6 Å². The van der Waals surface area contributed by atoms with Gasteiger partial charge in [0.15, 0.2) is 0 Å². The first kappa shape index (κ1) is 14.4. The molecule has 1 aromatic carbocycles. The third-order valence-corrected chi connectivity index (χ3v) is 3.39. The monoisotopic (exact) mass is 381 g/mol. The Balaban J connectivity index is 2.00. The Morgan fingerprint density at radius 3 is 2.85 bits per heavy atom. The normalized spacial score (nSPS) is 10.7. The lowest BCUT2D eigenvalue weighted by molar-refractivity contribution is 0.0955. The molecular formula is C14H12IN3O2. The van der Waals surface area contributed by atoms with Crippen molar-refractivity contribution in [1.29, 1.82) is 0 Å². The number of benzene rings is 1. The summed E-state index contributed by atoms with van der Waals surface area (Å²) >= 11 is 2.02. The molecule has 0 fully saturated rings. The quantitative estimate of drug-likeness (QED) is 0.487. The maximum absolute atomic E-state index is 11.8. The predicted octanol–water partition coefficient (Wildman–Crippen LogP) is 2.46. The number of hydrazone groups is 1. The number of halogens is 1. The Bertz CT molecular complexity index is 654. The lowest BCUT2D eigenvalue weighted by Gasteiger charge is -2.00. The number of carbonyl (C=O) groups is 1. The van der Waals surface area contributed by atoms with E-state index in [2.05, 4.69) is 15.5 Å². The molecule has 0 saturated heterocycles. The number of hydrogen-bond acceptors (Lipinski definition) is 4. The fraction of sp³-hybridized carbons (Fsp3) is 0.0714. The van der Waals surface area contributed by atoms with E-state index in [0.717, 1.165) is 14.8 Å². The Hall–Kier alpha value is -1.96. The van der Waals surface area contributed by atoms with Crippen LogP contribution in [0.4, 0.5) is 0 Å². The predicted molar refractivity (Wildman–Crippen MR) is 84.9 cm³/mol. The van der Waals surface area contributed by atoms with Crippen molar-refractivity contribution in [3.05, 3.63) is 56.9 Å². The summed E-state index contributed by atoms with van der Waals surface area (Å²) in [7, 11) is 0. The Morgan fingerprint density at radius 2 is 2.20 bits per heavy atom. The number of carbonyl (C=O) groups excluding carboxylic acids is 1. The largest absolute Gasteiger partial charge is 0.507 e. The van der Waals surface area contributed by atoms with Gasteiger partial charge in [-0.15, -0.1) is 0 Å². The summed E-state index contributed by atoms with van der Waals surface area (Å²) in [6.07, 6.45) is 3.02. The molecule has 2 N–H and O–H groups in total. The second-order valence-electron chi connectivity index (χ2n) is 4.10. The van der Waals surface area contributed by atoms with Gasteiger partial charge in [-0.2, -0.15) is 5.10 Å². The molecule has 1 aromatic heterocycles. The minimum Gasteiger partial charge on any atom is -0.507 e. The minimum absolute atomic E-state index is 0.220. The maximum atomic E-state index is 11.8. The molecule has 0 bridgehead atoms. The highest BCUT2D eigenvalue weighted by molar-refractivity contribution is 14.1. The summed E-state index contributed by atoms with van der Waals surface area (Å²) in [5.41, 5.74) is 4.52. The molecule has 0 aliphatic carbocycles. The van der Waals surface area contributed by atoms with Gasteiger partial charge in [-0.05, 0) is 65.4 Å². The molecule has 2 rings (SSSR count). The first-order chi connectivity index (χ1) is 9.56. The highest BCUT2D eigenvalue weighted by atomic mass is 127. The van der Waals surface area contributed by atoms with Crippen molar-refractivity contribution in [3.8, 4) is 5.75 Å². The minimum atomic E-state index is -0.317. The standard InChI is InChI=1S/C14H12IN3O2/c1-9-2-4-11(8-16-9)14(20)18-17-7-10-3-5-13(19)12(15)6-10/h2-8,19H,1H3,(H,18,20)/b17-7+. The molecule has 102 valence electrons. The molecule has 0 aliphatic rings. The van der Waals surface area contributed by atoms with Gasteiger partial charge in [-0.3, -0.25) is 9.78 Å². The molecular weight excluding hydrogens is 369 g/mol. The van der Waals surface area contributed by atoms with Crippen molar-refractivity contribution in [1.82, 2.24) is 10.4 Å². The molecule has 0 saturated carbocycles. The van der Waals surface area contributed by atoms with Crippen LogP contribution in [0.2, 0.25) is 0 Å². The van der Waals surface area contributed by atoms with Crippen molar-refractivity contribution in [2.24, 2.45) is 5.10 Å². The number of nitrogens with zero attached hydrogens (tertiary/aromatic N) is 2. The molecule has 0 atom stereocenters. The van der Waals surface area contributed by atoms with Gasteiger partial charge in [0.25, 0.3) is 5.91 Å². The number of rotatable bonds is 3. The molecule has 6 heteroatoms. The van der Waals surface area contributed by atoms with Crippen LogP contribution < -0.4 is 5.43 Å². The number of hydrogen-bond donors (Lipinski definition) is 2. The van der Waals surface area contributed by atoms with Crippen LogP contribution in [0.1, 0.15) is 21.6 Å². The summed E-state index contributed by atoms with van der Waals surface area (Å²) < 4.78 is 0.723. The molecule has 0 spiro atoms. The number of amides is 1. The number of phenols is 1. The highest BCUT2D eigenvalue weighted by Crippen LogP contribution is 2.19. The van der Waals surface area contributed by atoms with Crippen LogP contribution in [0.15, 0.2) is 41.6 Å². The number of aromatic nitrogens is 1. The second-order valence-corrected chi connectivity index (χ2v) is 5.26. The van der Waals surface area contributed by atoms with E-state index < -0.39 is 0 Å². The molecule has 1 heterocycles. The highest BCUT2D eigenvalue weighted by Gasteiger charge is 2.03. The molecule has 0 unspecified atom stereocenters. The van der Waals surface area contributed by atoms with Crippen LogP contribution >= 0.6 is 22.6 Å². The summed E-state index contributed by atoms with van der Waals surface area (Å²) in [5.74, 6) is -0.0975. The Kier molecular flexibility index (Phi) is 4.67. The third kappa shape index (κ3) is 3.77. The van der Waals surface area contributed by atoms with E-state index in [-0.39, 0.29) is 11.7 Å². The van der Waals surface area contributed by atoms with E-state index in [0.29, 0.717) is 5.56 Å².